The van der Waals surface area contributed by atoms with Gasteiger partial charge in [-0.2, -0.15) is 5.10 Å². The monoisotopic (exact) mass is 523 g/mol. The summed E-state index contributed by atoms with van der Waals surface area (Å²) in [5, 5.41) is 8.50. The Labute approximate surface area is 220 Å². The highest BCUT2D eigenvalue weighted by molar-refractivity contribution is 6.31. The van der Waals surface area contributed by atoms with E-state index < -0.39 is 5.82 Å². The summed E-state index contributed by atoms with van der Waals surface area (Å²) in [5.74, 6) is 0.0473. The summed E-state index contributed by atoms with van der Waals surface area (Å²) in [6, 6.07) is 5.29. The molecule has 0 radical (unpaired) electrons. The smallest absolute Gasteiger partial charge is 0.222 e. The first-order valence-corrected chi connectivity index (χ1v) is 13.0. The molecular weight excluding hydrogens is 493 g/mol. The van der Waals surface area contributed by atoms with Crippen LogP contribution in [0.4, 0.5) is 4.39 Å². The highest BCUT2D eigenvalue weighted by atomic mass is 35.5. The summed E-state index contributed by atoms with van der Waals surface area (Å²) in [4.78, 5) is 19.9. The number of methoxy groups -OCH3 is 1. The molecule has 9 heteroatoms. The van der Waals surface area contributed by atoms with Gasteiger partial charge in [0.2, 0.25) is 5.91 Å². The Kier molecular flexibility index (Phi) is 6.94. The van der Waals surface area contributed by atoms with E-state index in [-0.39, 0.29) is 28.8 Å². The number of amides is 1. The number of nitrogens with one attached hydrogen (secondary N) is 2. The van der Waals surface area contributed by atoms with Crippen LogP contribution in [-0.2, 0) is 4.79 Å². The normalized spacial score (nSPS) is 18.6. The van der Waals surface area contributed by atoms with Gasteiger partial charge in [-0.15, -0.1) is 0 Å². The number of benzene rings is 1. The Bertz CT molecular complexity index is 1450. The topological polar surface area (TPSA) is 84.8 Å². The summed E-state index contributed by atoms with van der Waals surface area (Å²) in [5.41, 5.74) is 5.35. The molecule has 1 amide bonds. The highest BCUT2D eigenvalue weighted by Gasteiger charge is 2.28. The molecule has 2 N–H and O–H groups in total. The minimum Gasteiger partial charge on any atom is -0.496 e. The minimum absolute atomic E-state index is 0.0635. The number of hydrogen-bond donors (Lipinski definition) is 2. The van der Waals surface area contributed by atoms with Crippen LogP contribution in [0.15, 0.2) is 36.8 Å². The number of carbonyl (C=O) groups excluding carboxylic acids is 1. The van der Waals surface area contributed by atoms with Crippen molar-refractivity contribution in [3.63, 3.8) is 0 Å². The van der Waals surface area contributed by atoms with Gasteiger partial charge in [0.1, 0.15) is 17.2 Å². The lowest BCUT2D eigenvalue weighted by atomic mass is 9.85. The second-order valence-electron chi connectivity index (χ2n) is 9.77. The largest absolute Gasteiger partial charge is 0.496 e. The molecule has 3 heterocycles. The number of fused-ring (bicyclic) bond motifs is 1. The number of hydrogen-bond acceptors (Lipinski definition) is 4. The molecule has 0 spiro atoms. The number of H-pyrrole nitrogens is 1. The van der Waals surface area contributed by atoms with Crippen molar-refractivity contribution < 1.29 is 13.9 Å². The van der Waals surface area contributed by atoms with E-state index in [4.69, 9.17) is 21.4 Å². The van der Waals surface area contributed by atoms with Gasteiger partial charge in [-0.05, 0) is 56.4 Å². The van der Waals surface area contributed by atoms with E-state index in [0.717, 1.165) is 59.1 Å². The SMILES string of the molecule is CNC(=O)[C@H]1CC[C@H](n2ncc(-c3cnc4[nH]cc([C@H](C)c5c(OC)ccc(F)c5Cl)c4c3)c2C)CC1. The summed E-state index contributed by atoms with van der Waals surface area (Å²) in [6.45, 7) is 4.06. The van der Waals surface area contributed by atoms with Crippen LogP contribution in [0.1, 0.15) is 61.4 Å². The molecule has 7 nitrogen and oxygen atoms in total. The lowest BCUT2D eigenvalue weighted by Crippen LogP contribution is -2.31. The van der Waals surface area contributed by atoms with Crippen LogP contribution in [0.2, 0.25) is 5.02 Å². The van der Waals surface area contributed by atoms with E-state index >= 15 is 0 Å². The van der Waals surface area contributed by atoms with Crippen LogP contribution in [0, 0.1) is 18.7 Å². The maximum atomic E-state index is 14.3. The number of aromatic amines is 1. The first-order valence-electron chi connectivity index (χ1n) is 12.6. The van der Waals surface area contributed by atoms with Gasteiger partial charge in [-0.1, -0.05) is 18.5 Å². The van der Waals surface area contributed by atoms with Crippen LogP contribution in [-0.4, -0.2) is 39.8 Å². The average Bonchev–Trinajstić information content (AvgIpc) is 3.52. The summed E-state index contributed by atoms with van der Waals surface area (Å²) in [7, 11) is 3.25. The fraction of sp³-hybridized carbons (Fsp3) is 0.393. The van der Waals surface area contributed by atoms with E-state index in [1.807, 2.05) is 25.5 Å². The van der Waals surface area contributed by atoms with Crippen molar-refractivity contribution >= 4 is 28.5 Å². The standard InChI is InChI=1S/C28H31ClFN5O2/c1-15(25-24(37-4)10-9-23(30)26(25)29)21-13-33-27-20(21)11-18(12-32-27)22-14-34-35(16(22)2)19-7-5-17(6-8-19)28(36)31-3/h9-15,17,19H,5-8H2,1-4H3,(H,31,36)(H,32,33)/t15-,17-,19-/m0/s1. The summed E-state index contributed by atoms with van der Waals surface area (Å²) >= 11 is 6.39. The molecule has 0 unspecified atom stereocenters. The summed E-state index contributed by atoms with van der Waals surface area (Å²) < 4.78 is 21.9. The predicted octanol–water partition coefficient (Wildman–Crippen LogP) is 6.17. The molecule has 1 aromatic carbocycles. The summed E-state index contributed by atoms with van der Waals surface area (Å²) in [6.07, 6.45) is 9.21. The maximum absolute atomic E-state index is 14.3. The third-order valence-corrected chi connectivity index (χ3v) is 8.17. The molecule has 1 fully saturated rings. The molecule has 194 valence electrons. The Balaban J connectivity index is 1.47. The van der Waals surface area contributed by atoms with Crippen molar-refractivity contribution in [1.29, 1.82) is 0 Å². The first kappa shape index (κ1) is 25.3. The molecule has 37 heavy (non-hydrogen) atoms. The average molecular weight is 524 g/mol. The Morgan fingerprint density at radius 1 is 1.27 bits per heavy atom. The predicted molar refractivity (Wildman–Crippen MR) is 143 cm³/mol. The van der Waals surface area contributed by atoms with Gasteiger partial charge in [0.15, 0.2) is 0 Å². The number of aromatic nitrogens is 4. The number of ether oxygens (including phenoxy) is 1. The minimum atomic E-state index is -0.477. The zero-order valence-electron chi connectivity index (χ0n) is 21.4. The number of pyridine rings is 1. The van der Waals surface area contributed by atoms with E-state index in [2.05, 4.69) is 33.0 Å². The van der Waals surface area contributed by atoms with Crippen molar-refractivity contribution in [2.75, 3.05) is 14.2 Å². The third kappa shape index (κ3) is 4.48. The van der Waals surface area contributed by atoms with Crippen LogP contribution in [0.5, 0.6) is 5.75 Å². The number of nitrogens with zero attached hydrogens (tertiary/aromatic N) is 3. The number of halogens is 2. The fourth-order valence-corrected chi connectivity index (χ4v) is 6.00. The van der Waals surface area contributed by atoms with Crippen LogP contribution in [0.25, 0.3) is 22.2 Å². The number of rotatable bonds is 6. The van der Waals surface area contributed by atoms with E-state index in [1.54, 1.807) is 20.2 Å². The zero-order valence-corrected chi connectivity index (χ0v) is 22.2. The quantitative estimate of drug-likeness (QED) is 0.317. The van der Waals surface area contributed by atoms with Gasteiger partial charge in [-0.25, -0.2) is 9.37 Å². The second-order valence-corrected chi connectivity index (χ2v) is 10.1. The molecule has 1 atom stereocenters. The molecule has 3 aromatic heterocycles. The van der Waals surface area contributed by atoms with Gasteiger partial charge in [0.25, 0.3) is 0 Å². The van der Waals surface area contributed by atoms with Crippen LogP contribution in [0.3, 0.4) is 0 Å². The van der Waals surface area contributed by atoms with E-state index in [1.165, 1.54) is 6.07 Å². The van der Waals surface area contributed by atoms with Gasteiger partial charge < -0.3 is 15.0 Å². The van der Waals surface area contributed by atoms with Gasteiger partial charge in [0.05, 0.1) is 24.4 Å². The fourth-order valence-electron chi connectivity index (χ4n) is 5.68. The van der Waals surface area contributed by atoms with Crippen LogP contribution >= 0.6 is 11.6 Å². The van der Waals surface area contributed by atoms with Gasteiger partial charge >= 0.3 is 0 Å². The number of carbonyl (C=O) groups is 1. The van der Waals surface area contributed by atoms with Crippen molar-refractivity contribution in [2.24, 2.45) is 5.92 Å². The molecule has 1 aliphatic rings. The lowest BCUT2D eigenvalue weighted by Gasteiger charge is -2.28. The molecule has 4 aromatic rings. The Morgan fingerprint density at radius 2 is 2.03 bits per heavy atom. The molecule has 5 rings (SSSR count). The zero-order chi connectivity index (χ0) is 26.3. The maximum Gasteiger partial charge on any atom is 0.222 e. The van der Waals surface area contributed by atoms with Crippen molar-refractivity contribution in [1.82, 2.24) is 25.1 Å². The lowest BCUT2D eigenvalue weighted by molar-refractivity contribution is -0.125. The molecule has 0 saturated heterocycles. The molecular formula is C28H31ClFN5O2. The molecule has 0 aliphatic heterocycles. The van der Waals surface area contributed by atoms with Gasteiger partial charge in [0, 0.05) is 59.0 Å². The Morgan fingerprint density at radius 3 is 2.73 bits per heavy atom. The second kappa shape index (κ2) is 10.2. The van der Waals surface area contributed by atoms with Crippen molar-refractivity contribution in [2.45, 2.75) is 51.5 Å². The van der Waals surface area contributed by atoms with Crippen molar-refractivity contribution in [3.8, 4) is 16.9 Å². The Hall–Kier alpha value is -3.39. The van der Waals surface area contributed by atoms with Crippen LogP contribution < -0.4 is 10.1 Å². The van der Waals surface area contributed by atoms with E-state index in [0.29, 0.717) is 11.3 Å². The molecule has 0 bridgehead atoms. The van der Waals surface area contributed by atoms with Gasteiger partial charge in [-0.3, -0.25) is 9.48 Å². The first-order chi connectivity index (χ1) is 17.8. The molecule has 1 saturated carbocycles. The molecule has 1 aliphatic carbocycles. The van der Waals surface area contributed by atoms with E-state index in [9.17, 15) is 9.18 Å². The third-order valence-electron chi connectivity index (χ3n) is 7.79. The highest BCUT2D eigenvalue weighted by Crippen LogP contribution is 2.41. The van der Waals surface area contributed by atoms with Crippen molar-refractivity contribution in [3.05, 3.63) is 64.5 Å².